The van der Waals surface area contributed by atoms with Crippen molar-refractivity contribution in [2.24, 2.45) is 5.73 Å². The summed E-state index contributed by atoms with van der Waals surface area (Å²) in [5.41, 5.74) is 4.31. The number of nitrogens with two attached hydrogens (primary N) is 1. The van der Waals surface area contributed by atoms with Crippen molar-refractivity contribution in [1.29, 1.82) is 0 Å². The van der Waals surface area contributed by atoms with Crippen LogP contribution in [0.4, 0.5) is 0 Å². The molecular weight excluding hydrogens is 476 g/mol. The summed E-state index contributed by atoms with van der Waals surface area (Å²) >= 11 is 5.82. The molecular formula is C25H31ClN2O7. The molecule has 0 atom stereocenters. The highest BCUT2D eigenvalue weighted by Crippen LogP contribution is 2.21. The lowest BCUT2D eigenvalue weighted by Gasteiger charge is -2.25. The third-order valence-corrected chi connectivity index (χ3v) is 4.38. The van der Waals surface area contributed by atoms with Gasteiger partial charge in [0.05, 0.1) is 6.54 Å². The van der Waals surface area contributed by atoms with E-state index in [1.54, 1.807) is 69.3 Å². The lowest BCUT2D eigenvalue weighted by Crippen LogP contribution is -2.47. The highest BCUT2D eigenvalue weighted by Gasteiger charge is 2.30. The predicted octanol–water partition coefficient (Wildman–Crippen LogP) is 3.22. The molecule has 0 radical (unpaired) electrons. The molecule has 0 fully saturated rings. The topological polar surface area (TPSA) is 145 Å². The van der Waals surface area contributed by atoms with Crippen LogP contribution >= 0.6 is 11.6 Å². The maximum atomic E-state index is 12.4. The molecule has 0 bridgehead atoms. The zero-order valence-corrected chi connectivity index (χ0v) is 21.1. The van der Waals surface area contributed by atoms with Crippen LogP contribution in [0.5, 0.6) is 5.75 Å². The lowest BCUT2D eigenvalue weighted by molar-refractivity contribution is -0.153. The molecule has 2 aromatic carbocycles. The summed E-state index contributed by atoms with van der Waals surface area (Å²) in [6.07, 6.45) is 0. The lowest BCUT2D eigenvalue weighted by atomic mass is 10.0. The maximum Gasteiger partial charge on any atom is 0.322 e. The Balaban J connectivity index is 0.000000579. The third kappa shape index (κ3) is 11.0. The average molecular weight is 507 g/mol. The van der Waals surface area contributed by atoms with Crippen molar-refractivity contribution in [2.45, 2.75) is 45.8 Å². The number of ether oxygens (including phenoxy) is 2. The second-order valence-corrected chi connectivity index (χ2v) is 9.28. The zero-order valence-electron chi connectivity index (χ0n) is 20.4. The predicted molar refractivity (Wildman–Crippen MR) is 132 cm³/mol. The van der Waals surface area contributed by atoms with E-state index >= 15 is 0 Å². The molecule has 0 saturated heterocycles. The number of amides is 1. The van der Waals surface area contributed by atoms with E-state index in [4.69, 9.17) is 31.9 Å². The molecule has 2 aromatic rings. The first-order chi connectivity index (χ1) is 16.1. The van der Waals surface area contributed by atoms with Gasteiger partial charge in [0.2, 0.25) is 0 Å². The van der Waals surface area contributed by atoms with Crippen molar-refractivity contribution in [2.75, 3.05) is 13.1 Å². The van der Waals surface area contributed by atoms with Gasteiger partial charge in [-0.15, -0.1) is 0 Å². The number of hydrogen-bond donors (Lipinski definition) is 3. The Hall–Kier alpha value is -3.43. The van der Waals surface area contributed by atoms with Crippen molar-refractivity contribution >= 4 is 35.2 Å². The summed E-state index contributed by atoms with van der Waals surface area (Å²) in [4.78, 5) is 45.4. The van der Waals surface area contributed by atoms with E-state index in [1.807, 2.05) is 0 Å². The summed E-state index contributed by atoms with van der Waals surface area (Å²) in [5, 5.41) is 11.4. The number of ketones is 1. The minimum absolute atomic E-state index is 0.0444. The fourth-order valence-electron chi connectivity index (χ4n) is 2.54. The molecule has 0 unspecified atom stereocenters. The first-order valence-electron chi connectivity index (χ1n) is 10.7. The summed E-state index contributed by atoms with van der Waals surface area (Å²) in [5.74, 6) is -1.83. The number of nitrogens with one attached hydrogen (secondary N) is 1. The van der Waals surface area contributed by atoms with Gasteiger partial charge in [-0.1, -0.05) is 11.6 Å². The zero-order chi connectivity index (χ0) is 26.8. The van der Waals surface area contributed by atoms with Crippen LogP contribution in [0.1, 0.15) is 50.5 Å². The van der Waals surface area contributed by atoms with Gasteiger partial charge in [-0.3, -0.25) is 19.2 Å². The highest BCUT2D eigenvalue weighted by molar-refractivity contribution is 6.30. The molecule has 0 aliphatic heterocycles. The molecule has 10 heteroatoms. The Labute approximate surface area is 209 Å². The SMILES string of the molecule is CC(C)(C)OC(=O)CN.CC(C)(Oc1ccc(C(=O)c2ccc(Cl)cc2)cc1)C(=O)NCC(=O)O. The standard InChI is InChI=1S/C19H18ClNO5.C6H13NO2/c1-19(2,18(25)21-11-16(22)23)26-15-9-5-13(6-10-15)17(24)12-3-7-14(20)8-4-12;1-6(2,3)9-5(8)4-7/h3-10H,11H2,1-2H3,(H,21,25)(H,22,23);4,7H2,1-3H3. The van der Waals surface area contributed by atoms with Gasteiger partial charge in [0.25, 0.3) is 5.91 Å². The number of esters is 1. The maximum absolute atomic E-state index is 12.4. The van der Waals surface area contributed by atoms with Crippen molar-refractivity contribution in [1.82, 2.24) is 5.32 Å². The fraction of sp³-hybridized carbons (Fsp3) is 0.360. The normalized spacial score (nSPS) is 10.9. The van der Waals surface area contributed by atoms with E-state index in [0.29, 0.717) is 21.9 Å². The van der Waals surface area contributed by atoms with E-state index in [0.717, 1.165) is 0 Å². The molecule has 0 aliphatic rings. The molecule has 190 valence electrons. The number of halogens is 1. The second kappa shape index (κ2) is 12.9. The van der Waals surface area contributed by atoms with Gasteiger partial charge in [0.15, 0.2) is 11.4 Å². The average Bonchev–Trinajstić information content (AvgIpc) is 2.77. The molecule has 2 rings (SSSR count). The van der Waals surface area contributed by atoms with Gasteiger partial charge in [-0.25, -0.2) is 0 Å². The summed E-state index contributed by atoms with van der Waals surface area (Å²) in [7, 11) is 0. The number of aliphatic carboxylic acids is 1. The third-order valence-electron chi connectivity index (χ3n) is 4.13. The molecule has 4 N–H and O–H groups in total. The minimum Gasteiger partial charge on any atom is -0.480 e. The molecule has 0 heterocycles. The number of carbonyl (C=O) groups is 4. The van der Waals surface area contributed by atoms with Crippen LogP contribution in [0.15, 0.2) is 48.5 Å². The monoisotopic (exact) mass is 506 g/mol. The van der Waals surface area contributed by atoms with Crippen molar-refractivity contribution in [3.05, 3.63) is 64.7 Å². The van der Waals surface area contributed by atoms with Gasteiger partial charge in [0, 0.05) is 16.1 Å². The highest BCUT2D eigenvalue weighted by atomic mass is 35.5. The largest absolute Gasteiger partial charge is 0.480 e. The number of rotatable bonds is 8. The van der Waals surface area contributed by atoms with Gasteiger partial charge in [-0.05, 0) is 83.1 Å². The van der Waals surface area contributed by atoms with Gasteiger partial charge >= 0.3 is 11.9 Å². The fourth-order valence-corrected chi connectivity index (χ4v) is 2.66. The number of carbonyl (C=O) groups excluding carboxylic acids is 3. The Bertz CT molecular complexity index is 1030. The van der Waals surface area contributed by atoms with E-state index in [2.05, 4.69) is 5.32 Å². The van der Waals surface area contributed by atoms with E-state index in [9.17, 15) is 19.2 Å². The number of hydrogen-bond acceptors (Lipinski definition) is 7. The molecule has 0 aromatic heterocycles. The smallest absolute Gasteiger partial charge is 0.322 e. The Morgan fingerprint density at radius 1 is 0.914 bits per heavy atom. The Kier molecular flexibility index (Phi) is 10.9. The first kappa shape index (κ1) is 29.6. The summed E-state index contributed by atoms with van der Waals surface area (Å²) in [6, 6.07) is 12.9. The van der Waals surface area contributed by atoms with Crippen LogP contribution in [0, 0.1) is 0 Å². The Morgan fingerprint density at radius 3 is 1.80 bits per heavy atom. The van der Waals surface area contributed by atoms with Crippen LogP contribution in [-0.4, -0.2) is 53.0 Å². The van der Waals surface area contributed by atoms with Crippen LogP contribution in [0.3, 0.4) is 0 Å². The van der Waals surface area contributed by atoms with Crippen molar-refractivity contribution in [3.8, 4) is 5.75 Å². The molecule has 1 amide bonds. The number of carboxylic acids is 1. The molecule has 9 nitrogen and oxygen atoms in total. The second-order valence-electron chi connectivity index (χ2n) is 8.84. The summed E-state index contributed by atoms with van der Waals surface area (Å²) in [6.45, 7) is 7.94. The van der Waals surface area contributed by atoms with Crippen LogP contribution in [0.2, 0.25) is 5.02 Å². The molecule has 0 saturated carbocycles. The van der Waals surface area contributed by atoms with E-state index < -0.39 is 29.6 Å². The number of carboxylic acid groups (broad SMARTS) is 1. The van der Waals surface area contributed by atoms with Gasteiger partial charge in [-0.2, -0.15) is 0 Å². The quantitative estimate of drug-likeness (QED) is 0.365. The number of benzene rings is 2. The van der Waals surface area contributed by atoms with E-state index in [1.165, 1.54) is 13.8 Å². The van der Waals surface area contributed by atoms with Gasteiger partial charge < -0.3 is 25.6 Å². The van der Waals surface area contributed by atoms with Crippen molar-refractivity contribution < 1.29 is 33.8 Å². The van der Waals surface area contributed by atoms with Crippen LogP contribution < -0.4 is 15.8 Å². The van der Waals surface area contributed by atoms with E-state index in [-0.39, 0.29) is 18.3 Å². The van der Waals surface area contributed by atoms with Crippen molar-refractivity contribution in [3.63, 3.8) is 0 Å². The Morgan fingerprint density at radius 2 is 1.40 bits per heavy atom. The molecule has 0 aliphatic carbocycles. The molecule has 0 spiro atoms. The first-order valence-corrected chi connectivity index (χ1v) is 11.0. The van der Waals surface area contributed by atoms with Crippen LogP contribution in [0.25, 0.3) is 0 Å². The molecule has 35 heavy (non-hydrogen) atoms. The van der Waals surface area contributed by atoms with Gasteiger partial charge in [0.1, 0.15) is 17.9 Å². The van der Waals surface area contributed by atoms with Crippen LogP contribution in [-0.2, 0) is 19.1 Å². The minimum atomic E-state index is -1.27. The summed E-state index contributed by atoms with van der Waals surface area (Å²) < 4.78 is 10.4.